The minimum absolute atomic E-state index is 0.0416. The molecule has 0 aliphatic heterocycles. The van der Waals surface area contributed by atoms with Crippen molar-refractivity contribution in [3.63, 3.8) is 0 Å². The minimum atomic E-state index is -0.233. The number of nitrogens with zero attached hydrogens (tertiary/aromatic N) is 1. The third-order valence-corrected chi connectivity index (χ3v) is 2.72. The Labute approximate surface area is 80.7 Å². The lowest BCUT2D eigenvalue weighted by atomic mass is 10.1. The van der Waals surface area contributed by atoms with Crippen molar-refractivity contribution in [2.75, 3.05) is 13.7 Å². The highest BCUT2D eigenvalue weighted by Gasteiger charge is 2.15. The fraction of sp³-hybridized carbons (Fsp3) is 0.500. The van der Waals surface area contributed by atoms with Crippen molar-refractivity contribution in [3.05, 3.63) is 16.6 Å². The molecule has 1 rings (SSSR count). The molecular weight excluding hydrogens is 188 g/mol. The van der Waals surface area contributed by atoms with Gasteiger partial charge >= 0.3 is 5.97 Å². The average Bonchev–Trinajstić information content (AvgIpc) is 2.66. The Morgan fingerprint density at radius 2 is 2.62 bits per heavy atom. The SMILES string of the molecule is COC(=O)CC(CN)c1cncs1. The summed E-state index contributed by atoms with van der Waals surface area (Å²) in [6.07, 6.45) is 2.07. The van der Waals surface area contributed by atoms with E-state index in [1.165, 1.54) is 18.4 Å². The van der Waals surface area contributed by atoms with E-state index in [-0.39, 0.29) is 11.9 Å². The molecule has 72 valence electrons. The summed E-state index contributed by atoms with van der Waals surface area (Å²) < 4.78 is 4.57. The number of esters is 1. The lowest BCUT2D eigenvalue weighted by Gasteiger charge is -2.09. The second-order valence-electron chi connectivity index (χ2n) is 2.62. The number of hydrogen-bond acceptors (Lipinski definition) is 5. The molecule has 0 saturated heterocycles. The molecule has 4 nitrogen and oxygen atoms in total. The van der Waals surface area contributed by atoms with Crippen LogP contribution in [0.15, 0.2) is 11.7 Å². The first-order valence-electron chi connectivity index (χ1n) is 3.93. The zero-order valence-corrected chi connectivity index (χ0v) is 8.21. The first-order chi connectivity index (χ1) is 6.27. The van der Waals surface area contributed by atoms with E-state index in [4.69, 9.17) is 5.73 Å². The highest BCUT2D eigenvalue weighted by Crippen LogP contribution is 2.22. The van der Waals surface area contributed by atoms with Crippen LogP contribution in [-0.2, 0) is 9.53 Å². The van der Waals surface area contributed by atoms with Crippen molar-refractivity contribution in [1.82, 2.24) is 4.98 Å². The van der Waals surface area contributed by atoms with Crippen molar-refractivity contribution < 1.29 is 9.53 Å². The van der Waals surface area contributed by atoms with Gasteiger partial charge in [-0.05, 0) is 0 Å². The molecule has 13 heavy (non-hydrogen) atoms. The fourth-order valence-corrected chi connectivity index (χ4v) is 1.75. The lowest BCUT2D eigenvalue weighted by molar-refractivity contribution is -0.141. The maximum absolute atomic E-state index is 11.0. The number of hydrogen-bond donors (Lipinski definition) is 1. The van der Waals surface area contributed by atoms with Gasteiger partial charge < -0.3 is 10.5 Å². The third kappa shape index (κ3) is 2.78. The van der Waals surface area contributed by atoms with E-state index in [9.17, 15) is 4.79 Å². The Balaban J connectivity index is 2.58. The Kier molecular flexibility index (Phi) is 3.85. The standard InChI is InChI=1S/C8H12N2O2S/c1-12-8(11)2-6(3-9)7-4-10-5-13-7/h4-6H,2-3,9H2,1H3. The summed E-state index contributed by atoms with van der Waals surface area (Å²) in [6.45, 7) is 0.442. The summed E-state index contributed by atoms with van der Waals surface area (Å²) >= 11 is 1.51. The van der Waals surface area contributed by atoms with Crippen LogP contribution in [0.1, 0.15) is 17.2 Å². The molecule has 0 aliphatic rings. The monoisotopic (exact) mass is 200 g/mol. The van der Waals surface area contributed by atoms with Gasteiger partial charge in [-0.1, -0.05) is 0 Å². The molecule has 1 heterocycles. The molecule has 0 aliphatic carbocycles. The summed E-state index contributed by atoms with van der Waals surface area (Å²) in [7, 11) is 1.38. The predicted octanol–water partition coefficient (Wildman–Crippen LogP) is 0.748. The highest BCUT2D eigenvalue weighted by atomic mass is 32.1. The first kappa shape index (κ1) is 10.1. The summed E-state index contributed by atoms with van der Waals surface area (Å²) in [5.41, 5.74) is 7.27. The van der Waals surface area contributed by atoms with Crippen LogP contribution in [0.5, 0.6) is 0 Å². The van der Waals surface area contributed by atoms with E-state index in [1.807, 2.05) is 0 Å². The molecule has 1 unspecified atom stereocenters. The van der Waals surface area contributed by atoms with Gasteiger partial charge in [0.25, 0.3) is 0 Å². The number of rotatable bonds is 4. The second-order valence-corrected chi connectivity index (χ2v) is 3.53. The van der Waals surface area contributed by atoms with Crippen molar-refractivity contribution in [2.24, 2.45) is 5.73 Å². The van der Waals surface area contributed by atoms with E-state index in [0.717, 1.165) is 4.88 Å². The van der Waals surface area contributed by atoms with Crippen molar-refractivity contribution in [3.8, 4) is 0 Å². The molecule has 1 aromatic heterocycles. The van der Waals surface area contributed by atoms with E-state index < -0.39 is 0 Å². The van der Waals surface area contributed by atoms with Crippen LogP contribution in [0.2, 0.25) is 0 Å². The Morgan fingerprint density at radius 3 is 3.08 bits per heavy atom. The maximum atomic E-state index is 11.0. The number of aromatic nitrogens is 1. The van der Waals surface area contributed by atoms with Crippen molar-refractivity contribution >= 4 is 17.3 Å². The molecule has 5 heteroatoms. The largest absolute Gasteiger partial charge is 0.469 e. The van der Waals surface area contributed by atoms with Gasteiger partial charge in [0.1, 0.15) is 0 Å². The highest BCUT2D eigenvalue weighted by molar-refractivity contribution is 7.09. The van der Waals surface area contributed by atoms with E-state index in [0.29, 0.717) is 13.0 Å². The summed E-state index contributed by atoms with van der Waals surface area (Å²) in [5.74, 6) is -0.191. The van der Waals surface area contributed by atoms with Crippen LogP contribution in [0.4, 0.5) is 0 Å². The summed E-state index contributed by atoms with van der Waals surface area (Å²) in [5, 5.41) is 0. The molecule has 1 atom stereocenters. The van der Waals surface area contributed by atoms with Crippen molar-refractivity contribution in [2.45, 2.75) is 12.3 Å². The van der Waals surface area contributed by atoms with Gasteiger partial charge in [-0.25, -0.2) is 0 Å². The van der Waals surface area contributed by atoms with Crippen LogP contribution in [-0.4, -0.2) is 24.6 Å². The number of methoxy groups -OCH3 is 1. The number of nitrogens with two attached hydrogens (primary N) is 1. The van der Waals surface area contributed by atoms with Gasteiger partial charge in [-0.2, -0.15) is 0 Å². The third-order valence-electron chi connectivity index (χ3n) is 1.78. The molecule has 0 aromatic carbocycles. The fourth-order valence-electron chi connectivity index (χ4n) is 1.01. The number of carbonyl (C=O) groups is 1. The maximum Gasteiger partial charge on any atom is 0.306 e. The molecule has 0 amide bonds. The van der Waals surface area contributed by atoms with Gasteiger partial charge in [0.05, 0.1) is 19.0 Å². The van der Waals surface area contributed by atoms with E-state index in [2.05, 4.69) is 9.72 Å². The molecule has 1 aromatic rings. The Morgan fingerprint density at radius 1 is 1.85 bits per heavy atom. The van der Waals surface area contributed by atoms with Crippen molar-refractivity contribution in [1.29, 1.82) is 0 Å². The lowest BCUT2D eigenvalue weighted by Crippen LogP contribution is -2.16. The molecule has 0 fully saturated rings. The van der Waals surface area contributed by atoms with Gasteiger partial charge in [-0.3, -0.25) is 9.78 Å². The molecule has 0 saturated carbocycles. The second kappa shape index (κ2) is 4.94. The van der Waals surface area contributed by atoms with Crippen LogP contribution in [0.25, 0.3) is 0 Å². The van der Waals surface area contributed by atoms with Gasteiger partial charge in [0, 0.05) is 23.5 Å². The number of carbonyl (C=O) groups excluding carboxylic acids is 1. The molecule has 0 radical (unpaired) electrons. The first-order valence-corrected chi connectivity index (χ1v) is 4.81. The van der Waals surface area contributed by atoms with Gasteiger partial charge in [-0.15, -0.1) is 11.3 Å². The molecule has 0 spiro atoms. The normalized spacial score (nSPS) is 12.5. The molecule has 2 N–H and O–H groups in total. The Hall–Kier alpha value is -0.940. The van der Waals surface area contributed by atoms with Crippen LogP contribution < -0.4 is 5.73 Å². The zero-order valence-electron chi connectivity index (χ0n) is 7.40. The predicted molar refractivity (Wildman–Crippen MR) is 50.5 cm³/mol. The van der Waals surface area contributed by atoms with Gasteiger partial charge in [0.15, 0.2) is 0 Å². The average molecular weight is 200 g/mol. The zero-order chi connectivity index (χ0) is 9.68. The van der Waals surface area contributed by atoms with E-state index in [1.54, 1.807) is 11.7 Å². The van der Waals surface area contributed by atoms with E-state index >= 15 is 0 Å². The topological polar surface area (TPSA) is 65.2 Å². The molecular formula is C8H12N2O2S. The smallest absolute Gasteiger partial charge is 0.306 e. The minimum Gasteiger partial charge on any atom is -0.469 e. The summed E-state index contributed by atoms with van der Waals surface area (Å²) in [6, 6.07) is 0. The quantitative estimate of drug-likeness (QED) is 0.728. The number of thiazole rings is 1. The molecule has 0 bridgehead atoms. The van der Waals surface area contributed by atoms with Crippen LogP contribution in [0.3, 0.4) is 0 Å². The Bertz CT molecular complexity index is 261. The van der Waals surface area contributed by atoms with Gasteiger partial charge in [0.2, 0.25) is 0 Å². The number of ether oxygens (including phenoxy) is 1. The van der Waals surface area contributed by atoms with Crippen LogP contribution >= 0.6 is 11.3 Å². The van der Waals surface area contributed by atoms with Crippen LogP contribution in [0, 0.1) is 0 Å². The summed E-state index contributed by atoms with van der Waals surface area (Å²) in [4.78, 5) is 16.0.